The molecule has 12 heteroatoms. The SMILES string of the molecule is Cc1ccc(C(=O)N2CCN(C(=O)Cc3cccs3)C2C(=O)NC(CC(=O)O)c2cccc([N+](=O)[O-])c2)cc1. The van der Waals surface area contributed by atoms with E-state index in [0.717, 1.165) is 10.4 Å². The van der Waals surface area contributed by atoms with E-state index >= 15 is 0 Å². The number of carbonyl (C=O) groups is 4. The van der Waals surface area contributed by atoms with Gasteiger partial charge in [0.25, 0.3) is 17.5 Å². The number of carboxylic acid groups (broad SMARTS) is 1. The fourth-order valence-corrected chi connectivity index (χ4v) is 5.13. The maximum Gasteiger partial charge on any atom is 0.305 e. The number of carboxylic acids is 1. The molecule has 2 heterocycles. The molecular weight excluding hydrogens is 524 g/mol. The van der Waals surface area contributed by atoms with E-state index in [1.165, 1.54) is 45.4 Å². The van der Waals surface area contributed by atoms with Crippen molar-refractivity contribution in [1.82, 2.24) is 15.1 Å². The minimum absolute atomic E-state index is 0.0391. The average Bonchev–Trinajstić information content (AvgIpc) is 3.58. The zero-order valence-corrected chi connectivity index (χ0v) is 21.8. The minimum atomic E-state index is -1.33. The van der Waals surface area contributed by atoms with Gasteiger partial charge in [0.15, 0.2) is 6.17 Å². The molecule has 1 saturated heterocycles. The quantitative estimate of drug-likeness (QED) is 0.307. The van der Waals surface area contributed by atoms with E-state index in [1.54, 1.807) is 30.3 Å². The van der Waals surface area contributed by atoms with Crippen LogP contribution in [0.2, 0.25) is 0 Å². The number of hydrogen-bond acceptors (Lipinski definition) is 7. The summed E-state index contributed by atoms with van der Waals surface area (Å²) in [5.74, 6) is -2.81. The van der Waals surface area contributed by atoms with Gasteiger partial charge in [-0.2, -0.15) is 0 Å². The van der Waals surface area contributed by atoms with Crippen molar-refractivity contribution in [3.8, 4) is 0 Å². The van der Waals surface area contributed by atoms with E-state index in [9.17, 15) is 34.4 Å². The van der Waals surface area contributed by atoms with Crippen LogP contribution in [0.4, 0.5) is 5.69 Å². The molecule has 1 fully saturated rings. The number of aliphatic carboxylic acids is 1. The Labute approximate surface area is 227 Å². The summed E-state index contributed by atoms with van der Waals surface area (Å²) in [6.07, 6.45) is -1.85. The molecular formula is C27H26N4O7S. The fraction of sp³-hybridized carbons (Fsp3) is 0.259. The number of nitrogens with zero attached hydrogens (tertiary/aromatic N) is 3. The number of carbonyl (C=O) groups excluding carboxylic acids is 3. The Morgan fingerprint density at radius 1 is 1.08 bits per heavy atom. The highest BCUT2D eigenvalue weighted by atomic mass is 32.1. The molecule has 39 heavy (non-hydrogen) atoms. The largest absolute Gasteiger partial charge is 0.481 e. The molecule has 2 unspecified atom stereocenters. The summed E-state index contributed by atoms with van der Waals surface area (Å²) >= 11 is 1.39. The molecule has 0 aliphatic carbocycles. The summed E-state index contributed by atoms with van der Waals surface area (Å²) in [5.41, 5.74) is 1.24. The molecule has 0 radical (unpaired) electrons. The van der Waals surface area contributed by atoms with Gasteiger partial charge < -0.3 is 20.2 Å². The molecule has 2 aromatic carbocycles. The minimum Gasteiger partial charge on any atom is -0.481 e. The van der Waals surface area contributed by atoms with Gasteiger partial charge in [-0.15, -0.1) is 11.3 Å². The van der Waals surface area contributed by atoms with Crippen molar-refractivity contribution in [2.75, 3.05) is 13.1 Å². The van der Waals surface area contributed by atoms with Crippen LogP contribution in [0.5, 0.6) is 0 Å². The number of non-ortho nitro benzene ring substituents is 1. The lowest BCUT2D eigenvalue weighted by molar-refractivity contribution is -0.384. The highest BCUT2D eigenvalue weighted by molar-refractivity contribution is 7.10. The molecule has 3 aromatic rings. The first-order chi connectivity index (χ1) is 18.6. The summed E-state index contributed by atoms with van der Waals surface area (Å²) < 4.78 is 0. The zero-order chi connectivity index (χ0) is 28.1. The van der Waals surface area contributed by atoms with E-state index in [-0.39, 0.29) is 36.7 Å². The number of hydrogen-bond donors (Lipinski definition) is 2. The van der Waals surface area contributed by atoms with Gasteiger partial charge in [-0.3, -0.25) is 29.3 Å². The molecule has 0 bridgehead atoms. The molecule has 202 valence electrons. The molecule has 1 aromatic heterocycles. The number of thiophene rings is 1. The van der Waals surface area contributed by atoms with Crippen LogP contribution < -0.4 is 5.32 Å². The Morgan fingerprint density at radius 3 is 2.44 bits per heavy atom. The van der Waals surface area contributed by atoms with Crippen LogP contribution in [0.3, 0.4) is 0 Å². The van der Waals surface area contributed by atoms with E-state index in [2.05, 4.69) is 5.32 Å². The summed E-state index contributed by atoms with van der Waals surface area (Å²) in [4.78, 5) is 66.1. The normalized spacial score (nSPS) is 15.6. The predicted molar refractivity (Wildman–Crippen MR) is 142 cm³/mol. The van der Waals surface area contributed by atoms with Gasteiger partial charge >= 0.3 is 5.97 Å². The number of rotatable bonds is 9. The van der Waals surface area contributed by atoms with Gasteiger partial charge in [0.1, 0.15) is 0 Å². The third kappa shape index (κ3) is 6.47. The van der Waals surface area contributed by atoms with Crippen molar-refractivity contribution >= 4 is 40.7 Å². The molecule has 0 saturated carbocycles. The standard InChI is InChI=1S/C27H26N4O7S/c1-17-7-9-18(10-8-17)27(36)30-12-11-29(23(32)15-21-6-3-13-39-21)26(30)25(35)28-22(16-24(33)34)19-4-2-5-20(14-19)31(37)38/h2-10,13-14,22,26H,11-12,15-16H2,1H3,(H,28,35)(H,33,34). The Bertz CT molecular complexity index is 1390. The highest BCUT2D eigenvalue weighted by Crippen LogP contribution is 2.25. The second-order valence-corrected chi connectivity index (χ2v) is 10.1. The van der Waals surface area contributed by atoms with Crippen LogP contribution in [0.1, 0.15) is 38.8 Å². The van der Waals surface area contributed by atoms with Crippen LogP contribution in [0.25, 0.3) is 0 Å². The van der Waals surface area contributed by atoms with Gasteiger partial charge in [-0.25, -0.2) is 0 Å². The summed E-state index contributed by atoms with van der Waals surface area (Å²) in [5, 5.41) is 25.2. The van der Waals surface area contributed by atoms with Gasteiger partial charge in [0.2, 0.25) is 5.91 Å². The second-order valence-electron chi connectivity index (χ2n) is 9.09. The lowest BCUT2D eigenvalue weighted by Crippen LogP contribution is -2.54. The summed E-state index contributed by atoms with van der Waals surface area (Å²) in [6, 6.07) is 14.6. The number of benzene rings is 2. The predicted octanol–water partition coefficient (Wildman–Crippen LogP) is 3.15. The second kappa shape index (κ2) is 11.9. The van der Waals surface area contributed by atoms with Gasteiger partial charge in [-0.1, -0.05) is 35.9 Å². The van der Waals surface area contributed by atoms with Crippen molar-refractivity contribution < 1.29 is 29.2 Å². The number of aryl methyl sites for hydroxylation is 1. The zero-order valence-electron chi connectivity index (χ0n) is 21.0. The lowest BCUT2D eigenvalue weighted by Gasteiger charge is -2.31. The molecule has 2 N–H and O–H groups in total. The highest BCUT2D eigenvalue weighted by Gasteiger charge is 2.43. The number of amides is 3. The van der Waals surface area contributed by atoms with Crippen molar-refractivity contribution in [2.24, 2.45) is 0 Å². The summed E-state index contributed by atoms with van der Waals surface area (Å²) in [7, 11) is 0. The first-order valence-corrected chi connectivity index (χ1v) is 13.0. The maximum atomic E-state index is 13.7. The van der Waals surface area contributed by atoms with Crippen molar-refractivity contribution in [3.63, 3.8) is 0 Å². The lowest BCUT2D eigenvalue weighted by atomic mass is 10.0. The van der Waals surface area contributed by atoms with E-state index in [0.29, 0.717) is 5.56 Å². The molecule has 4 rings (SSSR count). The van der Waals surface area contributed by atoms with Crippen molar-refractivity contribution in [3.05, 3.63) is 97.7 Å². The van der Waals surface area contributed by atoms with Gasteiger partial charge in [0, 0.05) is 35.7 Å². The van der Waals surface area contributed by atoms with Crippen LogP contribution in [0.15, 0.2) is 66.0 Å². The van der Waals surface area contributed by atoms with Gasteiger partial charge in [-0.05, 0) is 36.1 Å². The van der Waals surface area contributed by atoms with Crippen LogP contribution in [-0.2, 0) is 20.8 Å². The van der Waals surface area contributed by atoms with Crippen molar-refractivity contribution in [2.45, 2.75) is 32.0 Å². The summed E-state index contributed by atoms with van der Waals surface area (Å²) in [6.45, 7) is 2.09. The third-order valence-corrected chi connectivity index (χ3v) is 7.25. The van der Waals surface area contributed by atoms with E-state index in [1.807, 2.05) is 18.4 Å². The maximum absolute atomic E-state index is 13.7. The topological polar surface area (TPSA) is 150 Å². The van der Waals surface area contributed by atoms with E-state index in [4.69, 9.17) is 0 Å². The third-order valence-electron chi connectivity index (χ3n) is 6.37. The molecule has 1 aliphatic heterocycles. The Morgan fingerprint density at radius 2 is 1.79 bits per heavy atom. The Kier molecular flexibility index (Phi) is 8.35. The first kappa shape index (κ1) is 27.5. The fourth-order valence-electron chi connectivity index (χ4n) is 4.44. The monoisotopic (exact) mass is 550 g/mol. The first-order valence-electron chi connectivity index (χ1n) is 12.1. The molecule has 3 amide bonds. The Balaban J connectivity index is 1.65. The number of nitrogens with one attached hydrogen (secondary N) is 1. The van der Waals surface area contributed by atoms with Crippen LogP contribution in [-0.4, -0.2) is 62.8 Å². The molecule has 2 atom stereocenters. The smallest absolute Gasteiger partial charge is 0.305 e. The number of nitro groups is 1. The van der Waals surface area contributed by atoms with Crippen molar-refractivity contribution in [1.29, 1.82) is 0 Å². The van der Waals surface area contributed by atoms with Crippen LogP contribution >= 0.6 is 11.3 Å². The van der Waals surface area contributed by atoms with Crippen LogP contribution in [0, 0.1) is 17.0 Å². The molecule has 0 spiro atoms. The average molecular weight is 551 g/mol. The van der Waals surface area contributed by atoms with Gasteiger partial charge in [0.05, 0.1) is 23.8 Å². The molecule has 1 aliphatic rings. The number of nitro benzene ring substituents is 1. The molecule has 11 nitrogen and oxygen atoms in total. The van der Waals surface area contributed by atoms with E-state index < -0.39 is 41.3 Å². The Hall–Kier alpha value is -4.58.